The largest absolute Gasteiger partial charge is 0.480 e. The average molecular weight is 257 g/mol. The van der Waals surface area contributed by atoms with Crippen molar-refractivity contribution in [1.82, 2.24) is 10.2 Å². The highest BCUT2D eigenvalue weighted by Gasteiger charge is 2.26. The van der Waals surface area contributed by atoms with Gasteiger partial charge in [-0.2, -0.15) is 0 Å². The van der Waals surface area contributed by atoms with Gasteiger partial charge in [-0.25, -0.2) is 4.79 Å². The number of nitrogens with two attached hydrogens (primary N) is 1. The van der Waals surface area contributed by atoms with E-state index in [2.05, 4.69) is 12.2 Å². The SMILES string of the molecule is CC1CCC(NC(=O)N(CC(N)=O)CC(=O)O)C1. The highest BCUT2D eigenvalue weighted by molar-refractivity contribution is 5.86. The van der Waals surface area contributed by atoms with Crippen LogP contribution in [0.15, 0.2) is 0 Å². The van der Waals surface area contributed by atoms with Crippen LogP contribution in [0.25, 0.3) is 0 Å². The van der Waals surface area contributed by atoms with Crippen LogP contribution in [-0.4, -0.2) is 47.0 Å². The lowest BCUT2D eigenvalue weighted by Crippen LogP contribution is -2.49. The number of carbonyl (C=O) groups excluding carboxylic acids is 2. The number of hydrogen-bond acceptors (Lipinski definition) is 3. The van der Waals surface area contributed by atoms with Gasteiger partial charge in [0.1, 0.15) is 13.1 Å². The number of amides is 3. The Labute approximate surface area is 105 Å². The van der Waals surface area contributed by atoms with Crippen LogP contribution in [0, 0.1) is 5.92 Å². The Morgan fingerprint density at radius 2 is 2.00 bits per heavy atom. The molecule has 0 radical (unpaired) electrons. The topological polar surface area (TPSA) is 113 Å². The van der Waals surface area contributed by atoms with Crippen LogP contribution in [0.1, 0.15) is 26.2 Å². The minimum absolute atomic E-state index is 0.0525. The van der Waals surface area contributed by atoms with Crippen molar-refractivity contribution in [3.8, 4) is 0 Å². The van der Waals surface area contributed by atoms with E-state index in [0.717, 1.165) is 24.2 Å². The first kappa shape index (κ1) is 14.3. The predicted octanol–water partition coefficient (Wildman–Crippen LogP) is -0.243. The van der Waals surface area contributed by atoms with Gasteiger partial charge in [-0.1, -0.05) is 6.92 Å². The summed E-state index contributed by atoms with van der Waals surface area (Å²) in [6.45, 7) is 1.18. The van der Waals surface area contributed by atoms with Gasteiger partial charge in [-0.3, -0.25) is 9.59 Å². The number of urea groups is 1. The summed E-state index contributed by atoms with van der Waals surface area (Å²) in [6.07, 6.45) is 2.80. The molecule has 7 heteroatoms. The Balaban J connectivity index is 2.52. The summed E-state index contributed by atoms with van der Waals surface area (Å²) in [5, 5.41) is 11.4. The van der Waals surface area contributed by atoms with E-state index >= 15 is 0 Å². The first-order valence-corrected chi connectivity index (χ1v) is 5.94. The molecular formula is C11H19N3O4. The van der Waals surface area contributed by atoms with Crippen molar-refractivity contribution in [3.05, 3.63) is 0 Å². The maximum atomic E-state index is 11.8. The molecule has 0 aromatic rings. The monoisotopic (exact) mass is 257 g/mol. The van der Waals surface area contributed by atoms with Crippen LogP contribution < -0.4 is 11.1 Å². The van der Waals surface area contributed by atoms with Crippen LogP contribution in [0.2, 0.25) is 0 Å². The zero-order valence-corrected chi connectivity index (χ0v) is 10.4. The molecule has 0 spiro atoms. The van der Waals surface area contributed by atoms with Gasteiger partial charge in [0.15, 0.2) is 0 Å². The van der Waals surface area contributed by atoms with Crippen LogP contribution in [-0.2, 0) is 9.59 Å². The number of carboxylic acid groups (broad SMARTS) is 1. The Bertz CT molecular complexity index is 329. The molecule has 3 amide bonds. The Morgan fingerprint density at radius 3 is 2.44 bits per heavy atom. The molecule has 0 bridgehead atoms. The molecule has 0 heterocycles. The summed E-state index contributed by atoms with van der Waals surface area (Å²) in [6, 6.07) is -0.494. The molecule has 0 aromatic heterocycles. The van der Waals surface area contributed by atoms with Crippen molar-refractivity contribution >= 4 is 17.9 Å². The summed E-state index contributed by atoms with van der Waals surface area (Å²) < 4.78 is 0. The summed E-state index contributed by atoms with van der Waals surface area (Å²) in [7, 11) is 0. The van der Waals surface area contributed by atoms with E-state index in [1.165, 1.54) is 0 Å². The lowest BCUT2D eigenvalue weighted by molar-refractivity contribution is -0.137. The first-order chi connectivity index (χ1) is 8.38. The molecular weight excluding hydrogens is 238 g/mol. The highest BCUT2D eigenvalue weighted by atomic mass is 16.4. The molecule has 2 unspecified atom stereocenters. The number of carbonyl (C=O) groups is 3. The average Bonchev–Trinajstić information content (AvgIpc) is 2.61. The molecule has 0 aromatic carbocycles. The Morgan fingerprint density at radius 1 is 1.33 bits per heavy atom. The van der Waals surface area contributed by atoms with E-state index in [1.54, 1.807) is 0 Å². The molecule has 102 valence electrons. The van der Waals surface area contributed by atoms with E-state index in [4.69, 9.17) is 10.8 Å². The molecule has 1 rings (SSSR count). The molecule has 1 saturated carbocycles. The second-order valence-electron chi connectivity index (χ2n) is 4.78. The standard InChI is InChI=1S/C11H19N3O4/c1-7-2-3-8(4-7)13-11(18)14(5-9(12)15)6-10(16)17/h7-8H,2-6H2,1H3,(H2,12,15)(H,13,18)(H,16,17). The van der Waals surface area contributed by atoms with Gasteiger partial charge < -0.3 is 21.1 Å². The third kappa shape index (κ3) is 4.60. The molecule has 0 aliphatic heterocycles. The fraction of sp³-hybridized carbons (Fsp3) is 0.727. The predicted molar refractivity (Wildman–Crippen MR) is 63.7 cm³/mol. The van der Waals surface area contributed by atoms with Gasteiger partial charge in [0.2, 0.25) is 5.91 Å². The normalized spacial score (nSPS) is 22.5. The molecule has 1 aliphatic rings. The zero-order valence-electron chi connectivity index (χ0n) is 10.4. The molecule has 4 N–H and O–H groups in total. The second kappa shape index (κ2) is 6.23. The van der Waals surface area contributed by atoms with Gasteiger partial charge in [0.25, 0.3) is 0 Å². The number of aliphatic carboxylic acids is 1. The number of nitrogens with one attached hydrogen (secondary N) is 1. The lowest BCUT2D eigenvalue weighted by atomic mass is 10.1. The highest BCUT2D eigenvalue weighted by Crippen LogP contribution is 2.24. The number of primary amides is 1. The molecule has 2 atom stereocenters. The van der Waals surface area contributed by atoms with Crippen LogP contribution in [0.4, 0.5) is 4.79 Å². The van der Waals surface area contributed by atoms with Crippen LogP contribution in [0.3, 0.4) is 0 Å². The van der Waals surface area contributed by atoms with Crippen LogP contribution >= 0.6 is 0 Å². The quantitative estimate of drug-likeness (QED) is 0.630. The van der Waals surface area contributed by atoms with E-state index in [-0.39, 0.29) is 12.6 Å². The lowest BCUT2D eigenvalue weighted by Gasteiger charge is -2.22. The summed E-state index contributed by atoms with van der Waals surface area (Å²) in [4.78, 5) is 34.1. The van der Waals surface area contributed by atoms with Gasteiger partial charge in [-0.05, 0) is 25.2 Å². The number of carboxylic acids is 1. The Hall–Kier alpha value is -1.79. The number of rotatable bonds is 5. The van der Waals surface area contributed by atoms with Crippen LogP contribution in [0.5, 0.6) is 0 Å². The van der Waals surface area contributed by atoms with Gasteiger partial charge in [0.05, 0.1) is 0 Å². The third-order valence-electron chi connectivity index (χ3n) is 2.98. The van der Waals surface area contributed by atoms with Crippen molar-refractivity contribution in [2.75, 3.05) is 13.1 Å². The smallest absolute Gasteiger partial charge is 0.323 e. The van der Waals surface area contributed by atoms with Gasteiger partial charge in [0, 0.05) is 6.04 Å². The minimum Gasteiger partial charge on any atom is -0.480 e. The zero-order chi connectivity index (χ0) is 13.7. The first-order valence-electron chi connectivity index (χ1n) is 5.94. The van der Waals surface area contributed by atoms with E-state index in [9.17, 15) is 14.4 Å². The van der Waals surface area contributed by atoms with Crippen molar-refractivity contribution in [2.24, 2.45) is 11.7 Å². The van der Waals surface area contributed by atoms with Crippen molar-refractivity contribution in [3.63, 3.8) is 0 Å². The Kier molecular flexibility index (Phi) is 4.94. The molecule has 18 heavy (non-hydrogen) atoms. The maximum Gasteiger partial charge on any atom is 0.323 e. The molecule has 1 aliphatic carbocycles. The van der Waals surface area contributed by atoms with Crippen molar-refractivity contribution in [1.29, 1.82) is 0 Å². The third-order valence-corrected chi connectivity index (χ3v) is 2.98. The number of hydrogen-bond donors (Lipinski definition) is 3. The van der Waals surface area contributed by atoms with E-state index in [0.29, 0.717) is 5.92 Å². The fourth-order valence-corrected chi connectivity index (χ4v) is 2.16. The minimum atomic E-state index is -1.17. The molecule has 7 nitrogen and oxygen atoms in total. The second-order valence-corrected chi connectivity index (χ2v) is 4.78. The summed E-state index contributed by atoms with van der Waals surface area (Å²) >= 11 is 0. The molecule has 0 saturated heterocycles. The van der Waals surface area contributed by atoms with Gasteiger partial charge >= 0.3 is 12.0 Å². The fourth-order valence-electron chi connectivity index (χ4n) is 2.16. The van der Waals surface area contributed by atoms with Crippen molar-refractivity contribution in [2.45, 2.75) is 32.2 Å². The number of nitrogens with zero attached hydrogens (tertiary/aromatic N) is 1. The maximum absolute atomic E-state index is 11.8. The van der Waals surface area contributed by atoms with E-state index in [1.807, 2.05) is 0 Å². The summed E-state index contributed by atoms with van der Waals surface area (Å²) in [5.41, 5.74) is 4.98. The summed E-state index contributed by atoms with van der Waals surface area (Å²) in [5.74, 6) is -1.35. The van der Waals surface area contributed by atoms with E-state index < -0.39 is 24.5 Å². The van der Waals surface area contributed by atoms with Gasteiger partial charge in [-0.15, -0.1) is 0 Å². The van der Waals surface area contributed by atoms with Crippen molar-refractivity contribution < 1.29 is 19.5 Å². The molecule has 1 fully saturated rings.